The number of primary amides is 1. The fourth-order valence-corrected chi connectivity index (χ4v) is 2.88. The second-order valence-electron chi connectivity index (χ2n) is 3.96. The van der Waals surface area contributed by atoms with E-state index in [1.165, 1.54) is 18.2 Å². The van der Waals surface area contributed by atoms with Crippen molar-refractivity contribution in [1.82, 2.24) is 0 Å². The number of sulfone groups is 1. The summed E-state index contributed by atoms with van der Waals surface area (Å²) < 4.78 is 23.6. The maximum atomic E-state index is 11.8. The van der Waals surface area contributed by atoms with E-state index in [4.69, 9.17) is 22.4 Å². The Morgan fingerprint density at radius 2 is 2.00 bits per heavy atom. The van der Waals surface area contributed by atoms with E-state index in [1.807, 2.05) is 0 Å². The Morgan fingerprint density at radius 3 is 2.42 bits per heavy atom. The van der Waals surface area contributed by atoms with Gasteiger partial charge in [0.15, 0.2) is 15.1 Å². The first kappa shape index (κ1) is 15.5. The molecule has 1 aromatic rings. The van der Waals surface area contributed by atoms with Gasteiger partial charge in [0.25, 0.3) is 0 Å². The number of hydrogen-bond donors (Lipinski definition) is 2. The lowest BCUT2D eigenvalue weighted by molar-refractivity contribution is -0.136. The number of rotatable bonds is 5. The quantitative estimate of drug-likeness (QED) is 0.836. The highest BCUT2D eigenvalue weighted by molar-refractivity contribution is 7.92. The van der Waals surface area contributed by atoms with Crippen molar-refractivity contribution in [2.24, 2.45) is 5.73 Å². The summed E-state index contributed by atoms with van der Waals surface area (Å²) in [6.07, 6.45) is 0. The number of amides is 1. The Morgan fingerprint density at radius 1 is 1.42 bits per heavy atom. The molecule has 1 unspecified atom stereocenters. The Hall–Kier alpha value is -1.60. The molecule has 0 aromatic heterocycles. The minimum atomic E-state index is -3.87. The van der Waals surface area contributed by atoms with Crippen molar-refractivity contribution in [2.45, 2.75) is 17.9 Å². The molecule has 1 aromatic carbocycles. The van der Waals surface area contributed by atoms with Gasteiger partial charge in [0.2, 0.25) is 5.91 Å². The topological polar surface area (TPSA) is 115 Å². The summed E-state index contributed by atoms with van der Waals surface area (Å²) in [5.74, 6) is -2.63. The molecule has 104 valence electrons. The summed E-state index contributed by atoms with van der Waals surface area (Å²) in [6.45, 7) is 1.09. The monoisotopic (exact) mass is 305 g/mol. The predicted octanol–water partition coefficient (Wildman–Crippen LogP) is 0.827. The highest BCUT2D eigenvalue weighted by atomic mass is 35.5. The summed E-state index contributed by atoms with van der Waals surface area (Å²) in [5, 5.41) is 7.23. The van der Waals surface area contributed by atoms with Gasteiger partial charge in [-0.05, 0) is 24.6 Å². The van der Waals surface area contributed by atoms with Gasteiger partial charge in [0.05, 0.1) is 5.75 Å². The van der Waals surface area contributed by atoms with E-state index < -0.39 is 32.7 Å². The number of nitrogens with two attached hydrogens (primary N) is 1. The van der Waals surface area contributed by atoms with Crippen LogP contribution in [0.5, 0.6) is 0 Å². The third-order valence-corrected chi connectivity index (χ3v) is 4.92. The van der Waals surface area contributed by atoms with E-state index in [9.17, 15) is 18.0 Å². The SMILES string of the molecule is CC(C(=O)O)S(=O)(=O)Cc1ccc(C(N)=O)cc1Cl. The summed E-state index contributed by atoms with van der Waals surface area (Å²) in [5.41, 5.74) is 5.43. The van der Waals surface area contributed by atoms with E-state index >= 15 is 0 Å². The van der Waals surface area contributed by atoms with Crippen LogP contribution in [-0.2, 0) is 20.4 Å². The van der Waals surface area contributed by atoms with Gasteiger partial charge in [0.1, 0.15) is 0 Å². The third kappa shape index (κ3) is 3.68. The Balaban J connectivity index is 3.07. The molecule has 0 bridgehead atoms. The highest BCUT2D eigenvalue weighted by Gasteiger charge is 2.28. The molecular weight excluding hydrogens is 294 g/mol. The van der Waals surface area contributed by atoms with Crippen LogP contribution in [0.2, 0.25) is 5.02 Å². The smallest absolute Gasteiger partial charge is 0.321 e. The summed E-state index contributed by atoms with van der Waals surface area (Å²) >= 11 is 5.84. The van der Waals surface area contributed by atoms with Gasteiger partial charge in [-0.2, -0.15) is 0 Å². The van der Waals surface area contributed by atoms with Crippen molar-refractivity contribution in [1.29, 1.82) is 0 Å². The second kappa shape index (κ2) is 5.58. The van der Waals surface area contributed by atoms with Crippen LogP contribution in [0, 0.1) is 0 Å². The van der Waals surface area contributed by atoms with Gasteiger partial charge >= 0.3 is 5.97 Å². The van der Waals surface area contributed by atoms with E-state index in [-0.39, 0.29) is 16.1 Å². The van der Waals surface area contributed by atoms with Gasteiger partial charge in [0, 0.05) is 10.6 Å². The number of hydrogen-bond acceptors (Lipinski definition) is 4. The van der Waals surface area contributed by atoms with Crippen molar-refractivity contribution < 1.29 is 23.1 Å². The zero-order chi connectivity index (χ0) is 14.8. The average molecular weight is 306 g/mol. The van der Waals surface area contributed by atoms with Crippen molar-refractivity contribution >= 4 is 33.3 Å². The maximum Gasteiger partial charge on any atom is 0.321 e. The molecule has 1 rings (SSSR count). The normalized spacial score (nSPS) is 12.9. The average Bonchev–Trinajstić information content (AvgIpc) is 2.30. The molecule has 0 aliphatic carbocycles. The van der Waals surface area contributed by atoms with E-state index in [2.05, 4.69) is 0 Å². The molecule has 0 radical (unpaired) electrons. The lowest BCUT2D eigenvalue weighted by Gasteiger charge is -2.10. The largest absolute Gasteiger partial charge is 0.480 e. The molecule has 0 saturated carbocycles. The molecule has 1 amide bonds. The van der Waals surface area contributed by atoms with Gasteiger partial charge in [-0.3, -0.25) is 9.59 Å². The molecule has 0 aliphatic heterocycles. The van der Waals surface area contributed by atoms with Crippen LogP contribution >= 0.6 is 11.6 Å². The molecule has 0 spiro atoms. The fraction of sp³-hybridized carbons (Fsp3) is 0.273. The van der Waals surface area contributed by atoms with Crippen LogP contribution in [0.4, 0.5) is 0 Å². The molecule has 0 saturated heterocycles. The minimum absolute atomic E-state index is 0.0532. The zero-order valence-electron chi connectivity index (χ0n) is 9.96. The third-order valence-electron chi connectivity index (χ3n) is 2.58. The first-order chi connectivity index (χ1) is 8.65. The minimum Gasteiger partial charge on any atom is -0.480 e. The molecule has 0 aliphatic rings. The highest BCUT2D eigenvalue weighted by Crippen LogP contribution is 2.21. The van der Waals surface area contributed by atoms with Crippen LogP contribution in [0.1, 0.15) is 22.8 Å². The molecular formula is C11H12ClNO5S. The Kier molecular flexibility index (Phi) is 4.54. The van der Waals surface area contributed by atoms with Crippen LogP contribution in [0.3, 0.4) is 0 Å². The molecule has 1 atom stereocenters. The van der Waals surface area contributed by atoms with Crippen molar-refractivity contribution in [3.63, 3.8) is 0 Å². The van der Waals surface area contributed by atoms with Crippen molar-refractivity contribution in [2.75, 3.05) is 0 Å². The standard InChI is InChI=1S/C11H12ClNO5S/c1-6(11(15)16)19(17,18)5-8-3-2-7(10(13)14)4-9(8)12/h2-4,6H,5H2,1H3,(H2,13,14)(H,15,16). The lowest BCUT2D eigenvalue weighted by Crippen LogP contribution is -2.28. The zero-order valence-corrected chi connectivity index (χ0v) is 11.5. The van der Waals surface area contributed by atoms with Gasteiger partial charge in [-0.25, -0.2) is 8.42 Å². The van der Waals surface area contributed by atoms with Gasteiger partial charge in [-0.1, -0.05) is 17.7 Å². The fourth-order valence-electron chi connectivity index (χ4n) is 1.31. The Bertz CT molecular complexity index is 626. The molecule has 6 nitrogen and oxygen atoms in total. The van der Waals surface area contributed by atoms with Gasteiger partial charge in [-0.15, -0.1) is 0 Å². The van der Waals surface area contributed by atoms with Crippen molar-refractivity contribution in [3.8, 4) is 0 Å². The molecule has 3 N–H and O–H groups in total. The summed E-state index contributed by atoms with van der Waals surface area (Å²) in [6, 6.07) is 3.93. The molecule has 0 heterocycles. The van der Waals surface area contributed by atoms with Crippen molar-refractivity contribution in [3.05, 3.63) is 34.3 Å². The number of carbonyl (C=O) groups excluding carboxylic acids is 1. The van der Waals surface area contributed by atoms with Crippen LogP contribution in [0.25, 0.3) is 0 Å². The number of carbonyl (C=O) groups is 2. The van der Waals surface area contributed by atoms with E-state index in [0.717, 1.165) is 6.92 Å². The van der Waals surface area contributed by atoms with Crippen LogP contribution < -0.4 is 5.73 Å². The van der Waals surface area contributed by atoms with Crippen LogP contribution in [-0.4, -0.2) is 30.7 Å². The first-order valence-electron chi connectivity index (χ1n) is 5.17. The molecule has 19 heavy (non-hydrogen) atoms. The molecule has 0 fully saturated rings. The molecule has 8 heteroatoms. The van der Waals surface area contributed by atoms with E-state index in [0.29, 0.717) is 0 Å². The summed E-state index contributed by atoms with van der Waals surface area (Å²) in [7, 11) is -3.87. The number of carboxylic acids is 1. The van der Waals surface area contributed by atoms with Crippen LogP contribution in [0.15, 0.2) is 18.2 Å². The summed E-state index contributed by atoms with van der Waals surface area (Å²) in [4.78, 5) is 21.6. The number of carboxylic acid groups (broad SMARTS) is 1. The lowest BCUT2D eigenvalue weighted by atomic mass is 10.1. The number of aliphatic carboxylic acids is 1. The first-order valence-corrected chi connectivity index (χ1v) is 7.27. The Labute approximate surface area is 115 Å². The predicted molar refractivity (Wildman–Crippen MR) is 69.7 cm³/mol. The number of benzene rings is 1. The maximum absolute atomic E-state index is 11.8. The van der Waals surface area contributed by atoms with Gasteiger partial charge < -0.3 is 10.8 Å². The number of halogens is 1. The second-order valence-corrected chi connectivity index (χ2v) is 6.69. The van der Waals surface area contributed by atoms with E-state index in [1.54, 1.807) is 0 Å².